The van der Waals surface area contributed by atoms with Crippen LogP contribution in [-0.4, -0.2) is 20.1 Å². The highest BCUT2D eigenvalue weighted by atomic mass is 35.5. The lowest BCUT2D eigenvalue weighted by Crippen LogP contribution is -2.26. The highest BCUT2D eigenvalue weighted by Gasteiger charge is 2.08. The van der Waals surface area contributed by atoms with Crippen LogP contribution in [0.4, 0.5) is 0 Å². The highest BCUT2D eigenvalue weighted by Crippen LogP contribution is 2.03. The van der Waals surface area contributed by atoms with E-state index in [4.69, 9.17) is 16.9 Å². The van der Waals surface area contributed by atoms with Gasteiger partial charge in [0.05, 0.1) is 17.4 Å². The Kier molecular flexibility index (Phi) is 5.42. The predicted molar refractivity (Wildman–Crippen MR) is 67.1 cm³/mol. The Morgan fingerprint density at radius 2 is 1.94 bits per heavy atom. The number of rotatable bonds is 6. The maximum Gasteiger partial charge on any atom is 0.211 e. The van der Waals surface area contributed by atoms with Crippen LogP contribution in [0.3, 0.4) is 0 Å². The first-order valence-electron chi connectivity index (χ1n) is 5.10. The van der Waals surface area contributed by atoms with Crippen LogP contribution < -0.4 is 4.72 Å². The second-order valence-corrected chi connectivity index (χ2v) is 5.80. The predicted octanol–water partition coefficient (Wildman–Crippen LogP) is 1.61. The number of hydrogen-bond donors (Lipinski definition) is 1. The number of alkyl halides is 1. The standard InChI is InChI=1S/C11H13ClN2O2S/c12-6-1-7-17(15,16)14-9-11-4-2-10(8-13)3-5-11/h2-5,14H,1,6-7,9H2. The lowest BCUT2D eigenvalue weighted by molar-refractivity contribution is 0.580. The third kappa shape index (κ3) is 5.18. The van der Waals surface area contributed by atoms with E-state index < -0.39 is 10.0 Å². The molecule has 4 nitrogen and oxygen atoms in total. The van der Waals surface area contributed by atoms with E-state index in [-0.39, 0.29) is 12.3 Å². The molecule has 6 heteroatoms. The minimum atomic E-state index is -3.26. The molecule has 0 aliphatic carbocycles. The first-order chi connectivity index (χ1) is 8.07. The Morgan fingerprint density at radius 1 is 1.29 bits per heavy atom. The molecule has 1 aromatic carbocycles. The van der Waals surface area contributed by atoms with Gasteiger partial charge in [0.25, 0.3) is 0 Å². The van der Waals surface area contributed by atoms with Crippen molar-refractivity contribution in [2.24, 2.45) is 0 Å². The van der Waals surface area contributed by atoms with Crippen LogP contribution in [0.2, 0.25) is 0 Å². The fourth-order valence-corrected chi connectivity index (χ4v) is 2.55. The molecule has 0 aliphatic heterocycles. The first-order valence-corrected chi connectivity index (χ1v) is 7.28. The van der Waals surface area contributed by atoms with Crippen molar-refractivity contribution in [3.8, 4) is 6.07 Å². The number of benzene rings is 1. The fourth-order valence-electron chi connectivity index (χ4n) is 1.21. The molecule has 0 aromatic heterocycles. The first kappa shape index (κ1) is 14.0. The fraction of sp³-hybridized carbons (Fsp3) is 0.364. The topological polar surface area (TPSA) is 70.0 Å². The molecule has 0 fully saturated rings. The summed E-state index contributed by atoms with van der Waals surface area (Å²) in [6, 6.07) is 8.76. The Morgan fingerprint density at radius 3 is 2.47 bits per heavy atom. The third-order valence-electron chi connectivity index (χ3n) is 2.13. The van der Waals surface area contributed by atoms with Gasteiger partial charge in [-0.2, -0.15) is 5.26 Å². The average molecular weight is 273 g/mol. The van der Waals surface area contributed by atoms with E-state index >= 15 is 0 Å². The van der Waals surface area contributed by atoms with Gasteiger partial charge in [0, 0.05) is 12.4 Å². The van der Waals surface area contributed by atoms with E-state index in [0.717, 1.165) is 5.56 Å². The molecule has 0 saturated heterocycles. The summed E-state index contributed by atoms with van der Waals surface area (Å²) in [5.74, 6) is 0.366. The minimum Gasteiger partial charge on any atom is -0.212 e. The van der Waals surface area contributed by atoms with Crippen molar-refractivity contribution in [1.82, 2.24) is 4.72 Å². The quantitative estimate of drug-likeness (QED) is 0.800. The summed E-state index contributed by atoms with van der Waals surface area (Å²) in [7, 11) is -3.26. The zero-order chi connectivity index (χ0) is 12.7. The van der Waals surface area contributed by atoms with E-state index in [2.05, 4.69) is 4.72 Å². The summed E-state index contributed by atoms with van der Waals surface area (Å²) < 4.78 is 25.4. The van der Waals surface area contributed by atoms with Gasteiger partial charge in [-0.1, -0.05) is 12.1 Å². The molecule has 0 unspecified atom stereocenters. The van der Waals surface area contributed by atoms with Crippen LogP contribution in [0, 0.1) is 11.3 Å². The Balaban J connectivity index is 2.53. The lowest BCUT2D eigenvalue weighted by atomic mass is 10.1. The zero-order valence-corrected chi connectivity index (χ0v) is 10.8. The van der Waals surface area contributed by atoms with Crippen molar-refractivity contribution in [3.63, 3.8) is 0 Å². The number of nitriles is 1. The molecule has 0 heterocycles. The molecular formula is C11H13ClN2O2S. The maximum atomic E-state index is 11.5. The van der Waals surface area contributed by atoms with E-state index in [1.54, 1.807) is 24.3 Å². The second-order valence-electron chi connectivity index (χ2n) is 3.49. The van der Waals surface area contributed by atoms with Gasteiger partial charge >= 0.3 is 0 Å². The van der Waals surface area contributed by atoms with Crippen LogP contribution in [-0.2, 0) is 16.6 Å². The van der Waals surface area contributed by atoms with Crippen molar-refractivity contribution in [2.75, 3.05) is 11.6 Å². The van der Waals surface area contributed by atoms with Crippen LogP contribution in [0.5, 0.6) is 0 Å². The van der Waals surface area contributed by atoms with Crippen LogP contribution in [0.1, 0.15) is 17.5 Å². The maximum absolute atomic E-state index is 11.5. The molecule has 1 N–H and O–H groups in total. The van der Waals surface area contributed by atoms with Gasteiger partial charge in [-0.05, 0) is 24.1 Å². The van der Waals surface area contributed by atoms with Crippen molar-refractivity contribution < 1.29 is 8.42 Å². The minimum absolute atomic E-state index is 0.0345. The SMILES string of the molecule is N#Cc1ccc(CNS(=O)(=O)CCCCl)cc1. The summed E-state index contributed by atoms with van der Waals surface area (Å²) in [6.45, 7) is 0.232. The van der Waals surface area contributed by atoms with E-state index in [1.807, 2.05) is 6.07 Å². The molecule has 0 radical (unpaired) electrons. The number of hydrogen-bond acceptors (Lipinski definition) is 3. The zero-order valence-electron chi connectivity index (χ0n) is 9.19. The van der Waals surface area contributed by atoms with Gasteiger partial charge in [-0.25, -0.2) is 13.1 Å². The largest absolute Gasteiger partial charge is 0.212 e. The molecule has 0 spiro atoms. The summed E-state index contributed by atoms with van der Waals surface area (Å²) in [5.41, 5.74) is 1.37. The molecule has 92 valence electrons. The second kappa shape index (κ2) is 6.60. The van der Waals surface area contributed by atoms with Gasteiger partial charge in [-0.3, -0.25) is 0 Å². The van der Waals surface area contributed by atoms with Crippen molar-refractivity contribution in [3.05, 3.63) is 35.4 Å². The molecule has 17 heavy (non-hydrogen) atoms. The van der Waals surface area contributed by atoms with Crippen molar-refractivity contribution in [2.45, 2.75) is 13.0 Å². The van der Waals surface area contributed by atoms with E-state index in [0.29, 0.717) is 17.9 Å². The Labute approximate surface area is 106 Å². The van der Waals surface area contributed by atoms with Gasteiger partial charge in [-0.15, -0.1) is 11.6 Å². The van der Waals surface area contributed by atoms with Crippen LogP contribution in [0.15, 0.2) is 24.3 Å². The molecule has 0 atom stereocenters. The molecule has 1 rings (SSSR count). The molecule has 0 amide bonds. The Hall–Kier alpha value is -1.09. The highest BCUT2D eigenvalue weighted by molar-refractivity contribution is 7.89. The smallest absolute Gasteiger partial charge is 0.211 e. The third-order valence-corrected chi connectivity index (χ3v) is 3.80. The summed E-state index contributed by atoms with van der Waals surface area (Å²) in [5, 5.41) is 8.61. The number of sulfonamides is 1. The van der Waals surface area contributed by atoms with Gasteiger partial charge < -0.3 is 0 Å². The lowest BCUT2D eigenvalue weighted by Gasteiger charge is -2.05. The number of nitrogens with zero attached hydrogens (tertiary/aromatic N) is 1. The van der Waals surface area contributed by atoms with E-state index in [1.165, 1.54) is 0 Å². The number of nitrogens with one attached hydrogen (secondary N) is 1. The summed E-state index contributed by atoms with van der Waals surface area (Å²) in [4.78, 5) is 0. The monoisotopic (exact) mass is 272 g/mol. The molecule has 0 saturated carbocycles. The number of halogens is 1. The van der Waals surface area contributed by atoms with E-state index in [9.17, 15) is 8.42 Å². The van der Waals surface area contributed by atoms with Crippen molar-refractivity contribution in [1.29, 1.82) is 5.26 Å². The van der Waals surface area contributed by atoms with Crippen LogP contribution >= 0.6 is 11.6 Å². The average Bonchev–Trinajstić information content (AvgIpc) is 2.35. The van der Waals surface area contributed by atoms with Crippen molar-refractivity contribution >= 4 is 21.6 Å². The molecule has 0 bridgehead atoms. The Bertz CT molecular complexity index is 491. The molecule has 1 aromatic rings. The van der Waals surface area contributed by atoms with Crippen LogP contribution in [0.25, 0.3) is 0 Å². The van der Waals surface area contributed by atoms with Gasteiger partial charge in [0.1, 0.15) is 0 Å². The molecule has 0 aliphatic rings. The normalized spacial score (nSPS) is 11.1. The molecular weight excluding hydrogens is 260 g/mol. The van der Waals surface area contributed by atoms with Gasteiger partial charge in [0.2, 0.25) is 10.0 Å². The summed E-state index contributed by atoms with van der Waals surface area (Å²) in [6.07, 6.45) is 0.435. The summed E-state index contributed by atoms with van der Waals surface area (Å²) >= 11 is 5.44. The van der Waals surface area contributed by atoms with Gasteiger partial charge in [0.15, 0.2) is 0 Å².